The van der Waals surface area contributed by atoms with Gasteiger partial charge in [-0.1, -0.05) is 18.2 Å². The van der Waals surface area contributed by atoms with E-state index in [2.05, 4.69) is 40.8 Å². The average Bonchev–Trinajstić information content (AvgIpc) is 3.15. The SMILES string of the molecule is CCOC(=O)C1=C(I)c2cc(C3CC3)ccc2C1. The van der Waals surface area contributed by atoms with Crippen LogP contribution < -0.4 is 0 Å². The molecule has 0 aliphatic heterocycles. The number of halogens is 1. The maximum absolute atomic E-state index is 11.9. The van der Waals surface area contributed by atoms with E-state index in [9.17, 15) is 4.79 Å². The molecule has 0 spiro atoms. The van der Waals surface area contributed by atoms with Crippen LogP contribution in [-0.4, -0.2) is 12.6 Å². The van der Waals surface area contributed by atoms with E-state index in [0.717, 1.165) is 21.5 Å². The zero-order valence-corrected chi connectivity index (χ0v) is 12.5. The van der Waals surface area contributed by atoms with E-state index in [1.165, 1.54) is 29.5 Å². The summed E-state index contributed by atoms with van der Waals surface area (Å²) in [5.74, 6) is 0.595. The summed E-state index contributed by atoms with van der Waals surface area (Å²) >= 11 is 2.28. The summed E-state index contributed by atoms with van der Waals surface area (Å²) < 4.78 is 6.19. The predicted molar refractivity (Wildman–Crippen MR) is 79.7 cm³/mol. The summed E-state index contributed by atoms with van der Waals surface area (Å²) in [7, 11) is 0. The van der Waals surface area contributed by atoms with Crippen molar-refractivity contribution < 1.29 is 9.53 Å². The lowest BCUT2D eigenvalue weighted by Gasteiger charge is -2.03. The fraction of sp³-hybridized carbons (Fsp3) is 0.400. The van der Waals surface area contributed by atoms with E-state index in [0.29, 0.717) is 6.61 Å². The third-order valence-electron chi connectivity index (χ3n) is 3.57. The minimum atomic E-state index is -0.161. The van der Waals surface area contributed by atoms with Crippen molar-refractivity contribution in [3.8, 4) is 0 Å². The van der Waals surface area contributed by atoms with Gasteiger partial charge in [-0.25, -0.2) is 4.79 Å². The van der Waals surface area contributed by atoms with E-state index < -0.39 is 0 Å². The molecule has 2 aliphatic carbocycles. The Morgan fingerprint density at radius 2 is 2.22 bits per heavy atom. The number of carbonyl (C=O) groups is 1. The zero-order chi connectivity index (χ0) is 12.7. The second-order valence-corrected chi connectivity index (χ2v) is 5.96. The maximum atomic E-state index is 11.9. The van der Waals surface area contributed by atoms with Crippen LogP contribution in [0.4, 0.5) is 0 Å². The van der Waals surface area contributed by atoms with Crippen molar-refractivity contribution in [2.75, 3.05) is 6.61 Å². The number of esters is 1. The van der Waals surface area contributed by atoms with Crippen molar-refractivity contribution >= 4 is 32.1 Å². The molecule has 0 amide bonds. The largest absolute Gasteiger partial charge is 0.463 e. The van der Waals surface area contributed by atoms with Crippen molar-refractivity contribution in [3.05, 3.63) is 40.5 Å². The van der Waals surface area contributed by atoms with E-state index in [1.54, 1.807) is 0 Å². The zero-order valence-electron chi connectivity index (χ0n) is 10.3. The third kappa shape index (κ3) is 2.09. The fourth-order valence-electron chi connectivity index (χ4n) is 2.43. The smallest absolute Gasteiger partial charge is 0.335 e. The van der Waals surface area contributed by atoms with Crippen molar-refractivity contribution in [1.82, 2.24) is 0 Å². The number of benzene rings is 1. The van der Waals surface area contributed by atoms with Gasteiger partial charge in [0.1, 0.15) is 0 Å². The second kappa shape index (κ2) is 4.68. The highest BCUT2D eigenvalue weighted by Crippen LogP contribution is 2.44. The van der Waals surface area contributed by atoms with Gasteiger partial charge in [0.15, 0.2) is 0 Å². The Hall–Kier alpha value is -0.840. The normalized spacial score (nSPS) is 17.9. The summed E-state index contributed by atoms with van der Waals surface area (Å²) in [6.45, 7) is 2.29. The Morgan fingerprint density at radius 3 is 2.89 bits per heavy atom. The van der Waals surface area contributed by atoms with Crippen LogP contribution in [0.25, 0.3) is 3.58 Å². The first-order valence-corrected chi connectivity index (χ1v) is 7.47. The van der Waals surface area contributed by atoms with Crippen LogP contribution in [0.2, 0.25) is 0 Å². The molecule has 3 rings (SSSR count). The van der Waals surface area contributed by atoms with Crippen LogP contribution >= 0.6 is 22.6 Å². The summed E-state index contributed by atoms with van der Waals surface area (Å²) in [5, 5.41) is 0. The Morgan fingerprint density at radius 1 is 1.44 bits per heavy atom. The molecular weight excluding hydrogens is 339 g/mol. The minimum Gasteiger partial charge on any atom is -0.463 e. The van der Waals surface area contributed by atoms with Gasteiger partial charge in [-0.05, 0) is 65.0 Å². The first-order chi connectivity index (χ1) is 8.70. The molecular formula is C15H15IO2. The van der Waals surface area contributed by atoms with Gasteiger partial charge in [0, 0.05) is 10.0 Å². The molecule has 0 radical (unpaired) electrons. The lowest BCUT2D eigenvalue weighted by Crippen LogP contribution is -2.07. The topological polar surface area (TPSA) is 26.3 Å². The standard InChI is InChI=1S/C15H15IO2/c1-2-18-15(17)13-8-11-6-5-10(9-3-4-9)7-12(11)14(13)16/h5-7,9H,2-4,8H2,1H3. The molecule has 2 aliphatic rings. The molecule has 94 valence electrons. The van der Waals surface area contributed by atoms with Crippen LogP contribution in [0.5, 0.6) is 0 Å². The molecule has 1 saturated carbocycles. The lowest BCUT2D eigenvalue weighted by atomic mass is 10.0. The Labute approximate surface area is 121 Å². The molecule has 0 atom stereocenters. The lowest BCUT2D eigenvalue weighted by molar-refractivity contribution is -0.138. The highest BCUT2D eigenvalue weighted by Gasteiger charge is 2.29. The van der Waals surface area contributed by atoms with Gasteiger partial charge in [0.05, 0.1) is 12.2 Å². The quantitative estimate of drug-likeness (QED) is 0.609. The molecule has 1 aromatic rings. The molecule has 0 aromatic heterocycles. The molecule has 0 N–H and O–H groups in total. The third-order valence-corrected chi connectivity index (χ3v) is 4.81. The van der Waals surface area contributed by atoms with Gasteiger partial charge in [-0.2, -0.15) is 0 Å². The number of fused-ring (bicyclic) bond motifs is 1. The van der Waals surface area contributed by atoms with Crippen LogP contribution in [0.1, 0.15) is 42.4 Å². The monoisotopic (exact) mass is 354 g/mol. The molecule has 0 saturated heterocycles. The maximum Gasteiger partial charge on any atom is 0.335 e. The van der Waals surface area contributed by atoms with Gasteiger partial charge in [-0.3, -0.25) is 0 Å². The fourth-order valence-corrected chi connectivity index (χ4v) is 3.35. The predicted octanol–water partition coefficient (Wildman–Crippen LogP) is 3.83. The van der Waals surface area contributed by atoms with E-state index in [-0.39, 0.29) is 5.97 Å². The van der Waals surface area contributed by atoms with E-state index in [4.69, 9.17) is 4.74 Å². The van der Waals surface area contributed by atoms with Crippen LogP contribution in [0, 0.1) is 0 Å². The molecule has 1 fully saturated rings. The van der Waals surface area contributed by atoms with Gasteiger partial charge < -0.3 is 4.74 Å². The molecule has 0 bridgehead atoms. The molecule has 0 heterocycles. The molecule has 2 nitrogen and oxygen atoms in total. The van der Waals surface area contributed by atoms with Crippen LogP contribution in [0.3, 0.4) is 0 Å². The summed E-state index contributed by atoms with van der Waals surface area (Å²) in [6.07, 6.45) is 3.34. The number of rotatable bonds is 3. The Bertz CT molecular complexity index is 541. The molecule has 0 unspecified atom stereocenters. The molecule has 1 aromatic carbocycles. The highest BCUT2D eigenvalue weighted by molar-refractivity contribution is 14.1. The van der Waals surface area contributed by atoms with Crippen molar-refractivity contribution in [2.45, 2.75) is 32.1 Å². The number of hydrogen-bond donors (Lipinski definition) is 0. The van der Waals surface area contributed by atoms with Gasteiger partial charge in [0.25, 0.3) is 0 Å². The Kier molecular flexibility index (Phi) is 3.18. The van der Waals surface area contributed by atoms with E-state index >= 15 is 0 Å². The minimum absolute atomic E-state index is 0.161. The van der Waals surface area contributed by atoms with E-state index in [1.807, 2.05) is 6.92 Å². The molecule has 3 heteroatoms. The van der Waals surface area contributed by atoms with Crippen LogP contribution in [0.15, 0.2) is 23.8 Å². The summed E-state index contributed by atoms with van der Waals surface area (Å²) in [6, 6.07) is 6.66. The van der Waals surface area contributed by atoms with Gasteiger partial charge in [0.2, 0.25) is 0 Å². The first kappa shape index (κ1) is 12.2. The van der Waals surface area contributed by atoms with Crippen molar-refractivity contribution in [3.63, 3.8) is 0 Å². The summed E-state index contributed by atoms with van der Waals surface area (Å²) in [4.78, 5) is 11.9. The number of carbonyl (C=O) groups excluding carboxylic acids is 1. The summed E-state index contributed by atoms with van der Waals surface area (Å²) in [5.41, 5.74) is 4.74. The number of hydrogen-bond acceptors (Lipinski definition) is 2. The van der Waals surface area contributed by atoms with Crippen molar-refractivity contribution in [2.24, 2.45) is 0 Å². The number of ether oxygens (including phenoxy) is 1. The average molecular weight is 354 g/mol. The Balaban J connectivity index is 1.94. The van der Waals surface area contributed by atoms with Gasteiger partial charge >= 0.3 is 5.97 Å². The second-order valence-electron chi connectivity index (χ2n) is 4.88. The highest BCUT2D eigenvalue weighted by atomic mass is 127. The molecule has 18 heavy (non-hydrogen) atoms. The van der Waals surface area contributed by atoms with Gasteiger partial charge in [-0.15, -0.1) is 0 Å². The van der Waals surface area contributed by atoms with Crippen molar-refractivity contribution in [1.29, 1.82) is 0 Å². The van der Waals surface area contributed by atoms with Crippen LogP contribution in [-0.2, 0) is 16.0 Å². The first-order valence-electron chi connectivity index (χ1n) is 6.39.